The Morgan fingerprint density at radius 2 is 1.80 bits per heavy atom. The monoisotopic (exact) mass is 416 g/mol. The molecular weight excluding hydrogens is 372 g/mol. The van der Waals surface area contributed by atoms with E-state index in [2.05, 4.69) is 34.6 Å². The molecule has 170 valence electrons. The number of allylic oxidation sites excluding steroid dienone is 2. The van der Waals surface area contributed by atoms with E-state index in [0.717, 1.165) is 51.4 Å². The van der Waals surface area contributed by atoms with Gasteiger partial charge in [-0.05, 0) is 98.2 Å². The van der Waals surface area contributed by atoms with Crippen LogP contribution < -0.4 is 0 Å². The second kappa shape index (κ2) is 8.03. The second-order valence-electron chi connectivity index (χ2n) is 12.2. The van der Waals surface area contributed by atoms with Gasteiger partial charge in [-0.1, -0.05) is 40.2 Å². The zero-order valence-corrected chi connectivity index (χ0v) is 19.9. The summed E-state index contributed by atoms with van der Waals surface area (Å²) in [4.78, 5) is 13.4. The van der Waals surface area contributed by atoms with Gasteiger partial charge in [-0.3, -0.25) is 4.79 Å². The van der Waals surface area contributed by atoms with Gasteiger partial charge in [0.25, 0.3) is 0 Å². The number of hydrogen-bond donors (Lipinski definition) is 2. The van der Waals surface area contributed by atoms with Crippen molar-refractivity contribution in [3.05, 3.63) is 11.1 Å². The van der Waals surface area contributed by atoms with E-state index in [1.54, 1.807) is 0 Å². The summed E-state index contributed by atoms with van der Waals surface area (Å²) in [5.41, 5.74) is 3.04. The van der Waals surface area contributed by atoms with Crippen molar-refractivity contribution in [1.29, 1.82) is 0 Å². The maximum Gasteiger partial charge on any atom is 0.159 e. The van der Waals surface area contributed by atoms with Gasteiger partial charge in [0.2, 0.25) is 0 Å². The molecule has 0 spiro atoms. The lowest BCUT2D eigenvalue weighted by atomic mass is 9.48. The molecule has 0 saturated heterocycles. The number of aliphatic hydroxyl groups excluding tert-OH is 2. The quantitative estimate of drug-likeness (QED) is 0.606. The third-order valence-corrected chi connectivity index (χ3v) is 10.2. The molecule has 4 aliphatic carbocycles. The third kappa shape index (κ3) is 3.52. The lowest BCUT2D eigenvalue weighted by Gasteiger charge is -2.56. The van der Waals surface area contributed by atoms with E-state index in [1.807, 2.05) is 0 Å². The summed E-state index contributed by atoms with van der Waals surface area (Å²) >= 11 is 0. The lowest BCUT2D eigenvalue weighted by Crippen LogP contribution is -2.48. The van der Waals surface area contributed by atoms with Crippen molar-refractivity contribution in [3.8, 4) is 0 Å². The third-order valence-electron chi connectivity index (χ3n) is 10.2. The van der Waals surface area contributed by atoms with Gasteiger partial charge in [0, 0.05) is 12.0 Å². The molecule has 0 amide bonds. The second-order valence-corrected chi connectivity index (χ2v) is 12.2. The molecule has 3 fully saturated rings. The molecule has 0 heterocycles. The smallest absolute Gasteiger partial charge is 0.159 e. The molecule has 0 aromatic carbocycles. The van der Waals surface area contributed by atoms with Crippen molar-refractivity contribution in [3.63, 3.8) is 0 Å². The molecule has 8 atom stereocenters. The number of carbonyl (C=O) groups is 1. The summed E-state index contributed by atoms with van der Waals surface area (Å²) in [7, 11) is 0. The average Bonchev–Trinajstić information content (AvgIpc) is 2.97. The van der Waals surface area contributed by atoms with Crippen molar-refractivity contribution >= 4 is 5.78 Å². The Balaban J connectivity index is 1.59. The van der Waals surface area contributed by atoms with Crippen molar-refractivity contribution in [2.75, 3.05) is 0 Å². The number of hydrogen-bond acceptors (Lipinski definition) is 3. The fourth-order valence-corrected chi connectivity index (χ4v) is 8.14. The van der Waals surface area contributed by atoms with Gasteiger partial charge in [-0.15, -0.1) is 0 Å². The predicted molar refractivity (Wildman–Crippen MR) is 121 cm³/mol. The van der Waals surface area contributed by atoms with E-state index in [9.17, 15) is 15.0 Å². The summed E-state index contributed by atoms with van der Waals surface area (Å²) in [6.45, 7) is 11.3. The van der Waals surface area contributed by atoms with Crippen LogP contribution in [-0.4, -0.2) is 28.2 Å². The molecular formula is C27H44O3. The Morgan fingerprint density at radius 3 is 2.50 bits per heavy atom. The van der Waals surface area contributed by atoms with E-state index >= 15 is 0 Å². The van der Waals surface area contributed by atoms with E-state index in [0.29, 0.717) is 41.8 Å². The SMILES string of the molecule is CC(C)C(O)CC[C@@H](C)[C@H]1CC(=O)C2=C3CCC4CC(O)CC[C@]4(C)[C@H]3CC[C@@]21C. The molecule has 0 aromatic rings. The minimum absolute atomic E-state index is 0.0303. The first kappa shape index (κ1) is 22.5. The van der Waals surface area contributed by atoms with Crippen LogP contribution in [0.2, 0.25) is 0 Å². The molecule has 0 aliphatic heterocycles. The number of ketones is 1. The standard InChI is InChI=1S/C27H44O3/c1-16(2)23(29)9-6-17(3)22-15-24(30)25-20-8-7-18-14-19(28)10-12-26(18,4)21(20)11-13-27(22,25)5/h16-19,21-23,28-29H,6-15H2,1-5H3/t17-,18?,19?,21+,22-,23?,26+,27-/m1/s1. The Bertz CT molecular complexity index is 709. The summed E-state index contributed by atoms with van der Waals surface area (Å²) in [6, 6.07) is 0. The highest BCUT2D eigenvalue weighted by atomic mass is 16.3. The Hall–Kier alpha value is -0.670. The normalized spacial score (nSPS) is 43.3. The van der Waals surface area contributed by atoms with Crippen LogP contribution in [0.25, 0.3) is 0 Å². The first-order valence-electron chi connectivity index (χ1n) is 12.7. The highest BCUT2D eigenvalue weighted by Gasteiger charge is 2.58. The Kier molecular flexibility index (Phi) is 6.03. The summed E-state index contributed by atoms with van der Waals surface area (Å²) in [5, 5.41) is 20.5. The highest BCUT2D eigenvalue weighted by molar-refractivity contribution is 6.00. The maximum atomic E-state index is 13.4. The molecule has 0 radical (unpaired) electrons. The van der Waals surface area contributed by atoms with Crippen LogP contribution in [-0.2, 0) is 4.79 Å². The van der Waals surface area contributed by atoms with Crippen LogP contribution in [0, 0.1) is 40.4 Å². The molecule has 4 aliphatic rings. The van der Waals surface area contributed by atoms with E-state index in [-0.39, 0.29) is 23.0 Å². The van der Waals surface area contributed by atoms with Gasteiger partial charge in [-0.2, -0.15) is 0 Å². The van der Waals surface area contributed by atoms with Gasteiger partial charge < -0.3 is 10.2 Å². The number of fused-ring (bicyclic) bond motifs is 4. The molecule has 0 aromatic heterocycles. The summed E-state index contributed by atoms with van der Waals surface area (Å²) < 4.78 is 0. The molecule has 3 saturated carbocycles. The van der Waals surface area contributed by atoms with Crippen molar-refractivity contribution in [2.45, 2.75) is 111 Å². The van der Waals surface area contributed by atoms with Crippen molar-refractivity contribution < 1.29 is 15.0 Å². The van der Waals surface area contributed by atoms with Crippen LogP contribution in [0.1, 0.15) is 98.8 Å². The number of Topliss-reactive ketones (excluding diaryl/α,β-unsaturated/α-hetero) is 1. The maximum absolute atomic E-state index is 13.4. The fourth-order valence-electron chi connectivity index (χ4n) is 8.14. The largest absolute Gasteiger partial charge is 0.393 e. The van der Waals surface area contributed by atoms with Crippen LogP contribution in [0.3, 0.4) is 0 Å². The summed E-state index contributed by atoms with van der Waals surface area (Å²) in [6.07, 6.45) is 9.76. The predicted octanol–water partition coefficient (Wildman–Crippen LogP) is 5.68. The summed E-state index contributed by atoms with van der Waals surface area (Å²) in [5.74, 6) is 2.79. The molecule has 0 bridgehead atoms. The van der Waals surface area contributed by atoms with Gasteiger partial charge in [-0.25, -0.2) is 0 Å². The van der Waals surface area contributed by atoms with E-state index in [4.69, 9.17) is 0 Å². The van der Waals surface area contributed by atoms with E-state index in [1.165, 1.54) is 17.6 Å². The van der Waals surface area contributed by atoms with Gasteiger partial charge in [0.15, 0.2) is 5.78 Å². The molecule has 30 heavy (non-hydrogen) atoms. The minimum atomic E-state index is -0.234. The number of aliphatic hydroxyl groups is 2. The van der Waals surface area contributed by atoms with Crippen LogP contribution >= 0.6 is 0 Å². The fraction of sp³-hybridized carbons (Fsp3) is 0.889. The first-order valence-corrected chi connectivity index (χ1v) is 12.7. The Morgan fingerprint density at radius 1 is 1.07 bits per heavy atom. The topological polar surface area (TPSA) is 57.5 Å². The molecule has 3 heteroatoms. The van der Waals surface area contributed by atoms with Crippen LogP contribution in [0.4, 0.5) is 0 Å². The Labute approximate surface area is 183 Å². The molecule has 4 rings (SSSR count). The zero-order valence-electron chi connectivity index (χ0n) is 19.9. The van der Waals surface area contributed by atoms with Gasteiger partial charge in [0.05, 0.1) is 12.2 Å². The van der Waals surface area contributed by atoms with Crippen molar-refractivity contribution in [1.82, 2.24) is 0 Å². The average molecular weight is 417 g/mol. The van der Waals surface area contributed by atoms with Gasteiger partial charge in [0.1, 0.15) is 0 Å². The number of carbonyl (C=O) groups excluding carboxylic acids is 1. The van der Waals surface area contributed by atoms with Crippen LogP contribution in [0.15, 0.2) is 11.1 Å². The highest BCUT2D eigenvalue weighted by Crippen LogP contribution is 2.65. The van der Waals surface area contributed by atoms with Crippen LogP contribution in [0.5, 0.6) is 0 Å². The molecule has 3 nitrogen and oxygen atoms in total. The number of rotatable bonds is 5. The minimum Gasteiger partial charge on any atom is -0.393 e. The first-order chi connectivity index (χ1) is 14.1. The lowest BCUT2D eigenvalue weighted by molar-refractivity contribution is -0.115. The molecule has 3 unspecified atom stereocenters. The van der Waals surface area contributed by atoms with Crippen molar-refractivity contribution in [2.24, 2.45) is 40.4 Å². The zero-order chi connectivity index (χ0) is 21.8. The molecule has 2 N–H and O–H groups in total. The van der Waals surface area contributed by atoms with Gasteiger partial charge >= 0.3 is 0 Å². The van der Waals surface area contributed by atoms with E-state index < -0.39 is 0 Å².